The summed E-state index contributed by atoms with van der Waals surface area (Å²) < 4.78 is 0. The van der Waals surface area contributed by atoms with E-state index in [9.17, 15) is 77.6 Å². The number of thioether (sulfide) groups is 3. The van der Waals surface area contributed by atoms with Crippen LogP contribution in [0.5, 0.6) is 0 Å². The van der Waals surface area contributed by atoms with Gasteiger partial charge < -0.3 is 68.5 Å². The first-order chi connectivity index (χ1) is 48.4. The van der Waals surface area contributed by atoms with Crippen LogP contribution in [0.3, 0.4) is 0 Å². The van der Waals surface area contributed by atoms with Crippen molar-refractivity contribution in [3.05, 3.63) is 70.8 Å². The molecule has 0 saturated carbocycles. The molecule has 34 heteroatoms. The Morgan fingerprint density at radius 2 is 1.13 bits per heavy atom. The van der Waals surface area contributed by atoms with Crippen LogP contribution in [0.4, 0.5) is 4.79 Å². The molecule has 1 unspecified atom stereocenters. The van der Waals surface area contributed by atoms with E-state index in [-0.39, 0.29) is 148 Å². The monoisotopic (exact) mass is 1470 g/mol. The van der Waals surface area contributed by atoms with E-state index in [4.69, 9.17) is 11.5 Å². The highest BCUT2D eigenvalue weighted by Gasteiger charge is 2.44. The smallest absolute Gasteiger partial charge is 0.340 e. The average Bonchev–Trinajstić information content (AvgIpc) is 1.68. The van der Waals surface area contributed by atoms with Gasteiger partial charge in [0, 0.05) is 132 Å². The molecule has 101 heavy (non-hydrogen) atoms. The summed E-state index contributed by atoms with van der Waals surface area (Å²) in [5.41, 5.74) is 14.7. The van der Waals surface area contributed by atoms with Crippen LogP contribution in [0, 0.1) is 5.92 Å². The van der Waals surface area contributed by atoms with E-state index in [0.29, 0.717) is 60.8 Å². The van der Waals surface area contributed by atoms with Crippen molar-refractivity contribution >= 4 is 119 Å². The molecule has 3 fully saturated rings. The number of benzene rings is 2. The Morgan fingerprint density at radius 3 is 1.68 bits per heavy atom. The number of nitrogens with zero attached hydrogens (tertiary/aromatic N) is 7. The summed E-state index contributed by atoms with van der Waals surface area (Å²) in [6.07, 6.45) is 3.64. The van der Waals surface area contributed by atoms with Gasteiger partial charge in [-0.15, -0.1) is 0 Å². The number of carbonyl (C=O) groups excluding carboxylic acids is 10. The molecule has 7 atom stereocenters. The first-order valence-corrected chi connectivity index (χ1v) is 37.8. The van der Waals surface area contributed by atoms with Crippen LogP contribution in [0.25, 0.3) is 0 Å². The van der Waals surface area contributed by atoms with Crippen molar-refractivity contribution in [2.75, 3.05) is 122 Å². The highest BCUT2D eigenvalue weighted by Crippen LogP contribution is 2.29. The highest BCUT2D eigenvalue weighted by molar-refractivity contribution is 7.99. The lowest BCUT2D eigenvalue weighted by Crippen LogP contribution is -2.59. The fourth-order valence-corrected chi connectivity index (χ4v) is 15.0. The highest BCUT2D eigenvalue weighted by atomic mass is 32.2. The van der Waals surface area contributed by atoms with Gasteiger partial charge in [-0.05, 0) is 67.2 Å². The van der Waals surface area contributed by atoms with Crippen LogP contribution in [0.2, 0.25) is 0 Å². The predicted octanol–water partition coefficient (Wildman–Crippen LogP) is -0.487. The maximum absolute atomic E-state index is 14.9. The molecule has 11 amide bonds. The maximum Gasteiger partial charge on any atom is 0.340 e. The summed E-state index contributed by atoms with van der Waals surface area (Å²) in [4.78, 5) is 188. The van der Waals surface area contributed by atoms with Crippen molar-refractivity contribution in [1.29, 1.82) is 0 Å². The minimum atomic E-state index is -1.45. The number of nitrogens with two attached hydrogens (primary N) is 2. The normalized spacial score (nSPS) is 23.1. The Balaban J connectivity index is 1.26. The van der Waals surface area contributed by atoms with Gasteiger partial charge in [0.15, 0.2) is 0 Å². The van der Waals surface area contributed by atoms with Crippen LogP contribution in [-0.2, 0) is 81.2 Å². The Hall–Kier alpha value is -7.89. The maximum atomic E-state index is 14.9. The number of aliphatic carboxylic acids is 3. The predicted molar refractivity (Wildman–Crippen MR) is 382 cm³/mol. The summed E-state index contributed by atoms with van der Waals surface area (Å²) in [6.45, 7) is 5.62. The van der Waals surface area contributed by atoms with Crippen molar-refractivity contribution < 1.29 is 77.6 Å². The van der Waals surface area contributed by atoms with Gasteiger partial charge in [-0.25, -0.2) is 9.79 Å². The zero-order chi connectivity index (χ0) is 73.4. The number of carboxylic acid groups (broad SMARTS) is 3. The molecule has 3 saturated heterocycles. The Bertz CT molecular complexity index is 3180. The van der Waals surface area contributed by atoms with Gasteiger partial charge in [-0.3, -0.25) is 77.1 Å². The molecule has 0 aliphatic carbocycles. The first-order valence-electron chi connectivity index (χ1n) is 34.3. The van der Waals surface area contributed by atoms with Crippen LogP contribution in [0.15, 0.2) is 53.5 Å². The Kier molecular flexibility index (Phi) is 35.1. The fourth-order valence-electron chi connectivity index (χ4n) is 12.2. The topological polar surface area (TPSA) is 439 Å². The number of aliphatic imine (C=N–C) groups is 1. The van der Waals surface area contributed by atoms with Gasteiger partial charge in [-0.2, -0.15) is 35.3 Å². The largest absolute Gasteiger partial charge is 0.480 e. The minimum absolute atomic E-state index is 0.0169. The average molecular weight is 1470 g/mol. The molecule has 4 aliphatic rings. The number of urea groups is 1. The van der Waals surface area contributed by atoms with Gasteiger partial charge >= 0.3 is 23.9 Å². The van der Waals surface area contributed by atoms with Gasteiger partial charge in [0.25, 0.3) is 0 Å². The molecule has 31 nitrogen and oxygen atoms in total. The lowest BCUT2D eigenvalue weighted by atomic mass is 10.0. The zero-order valence-corrected chi connectivity index (χ0v) is 60.0. The molecule has 4 heterocycles. The minimum Gasteiger partial charge on any atom is -0.480 e. The number of unbranched alkanes of at least 4 members (excludes halogenated alkanes) is 1. The van der Waals surface area contributed by atoms with Crippen LogP contribution < -0.4 is 43.4 Å². The lowest BCUT2D eigenvalue weighted by Gasteiger charge is -2.32. The lowest BCUT2D eigenvalue weighted by molar-refractivity contribution is -0.147. The molecule has 6 rings (SSSR count). The second kappa shape index (κ2) is 43.2. The summed E-state index contributed by atoms with van der Waals surface area (Å²) in [5.74, 6) is -8.37. The standard InChI is InChI=1S/C67H99N15O16S3/c1-3-5-17-71-67(98)72-34-48-42-100-40-46-30-45(39-99-29-18-70-56(84)35-77-21-23-78(36-57(85)86)25-27-80(38-59(89)90)28-26-79(24-22-77)37-58(87)88)31-47(32-46)41-101-43-52(60(69)91)76-63(94)51(33-44-11-7-6-8-12-44)75-62(93)50(15-16-55(68)83)74-61(92)49(4-2)73-64(95)53-13-9-19-81(53)66(97)54-14-10-20-82(54)65(48)96/h6-8,11-12,30-32,34,48-54H,3-5,9-10,13-29,33,35-43H2,1-2H3,(H2,68,83)(H2,69,91)(H,70,84)(H,71,98)(H,73,95)(H,74,92)(H,75,93)(H,76,94)(H,85,86)(H,87,88)(H,89,90)/t48?,49-,50-,51-,52-,53-,54-/m0/s1. The Labute approximate surface area is 601 Å². The van der Waals surface area contributed by atoms with E-state index in [0.717, 1.165) is 23.1 Å². The van der Waals surface area contributed by atoms with Crippen molar-refractivity contribution in [2.45, 2.75) is 132 Å². The summed E-state index contributed by atoms with van der Waals surface area (Å²) in [5, 5.41) is 45.4. The van der Waals surface area contributed by atoms with E-state index in [2.05, 4.69) is 36.9 Å². The number of carboxylic acids is 3. The number of fused-ring (bicyclic) bond motifs is 4. The SMILES string of the molecule is CCCCNC(=O)N=CC1CSCc2cc(CSCCNC(=O)CN3CCN(CC(=O)O)CCN(CC(=O)O)CCN(CC(=O)O)CC3)cc(c2)CSC[C@@H](C(N)=O)NC(=O)[C@H](Cc2ccccc2)NC(=O)[C@H](CCC(N)=O)NC(=O)[C@H](CC)NC(=O)[C@@H]2CCCN2C(=O)[C@@H]2CCCN2C1=O. The van der Waals surface area contributed by atoms with Crippen molar-refractivity contribution in [1.82, 2.24) is 61.3 Å². The van der Waals surface area contributed by atoms with Gasteiger partial charge in [0.1, 0.15) is 36.3 Å². The third-order valence-electron chi connectivity index (χ3n) is 17.5. The van der Waals surface area contributed by atoms with Crippen molar-refractivity contribution in [3.63, 3.8) is 0 Å². The number of nitrogens with one attached hydrogen (secondary N) is 6. The molecule has 0 spiro atoms. The third-order valence-corrected chi connectivity index (χ3v) is 20.8. The number of carbonyl (C=O) groups is 13. The van der Waals surface area contributed by atoms with E-state index in [1.165, 1.54) is 51.3 Å². The first kappa shape index (κ1) is 82.1. The van der Waals surface area contributed by atoms with Crippen molar-refractivity contribution in [2.24, 2.45) is 22.4 Å². The van der Waals surface area contributed by atoms with E-state index in [1.54, 1.807) is 52.0 Å². The molecule has 556 valence electrons. The van der Waals surface area contributed by atoms with Crippen LogP contribution >= 0.6 is 35.3 Å². The van der Waals surface area contributed by atoms with Gasteiger partial charge in [0.2, 0.25) is 53.2 Å². The summed E-state index contributed by atoms with van der Waals surface area (Å²) in [6, 6.07) is 6.80. The number of hydrogen-bond donors (Lipinski definition) is 11. The molecule has 13 N–H and O–H groups in total. The second-order valence-corrected chi connectivity index (χ2v) is 28.6. The number of rotatable bonds is 24. The molecule has 0 aromatic heterocycles. The number of hydrogen-bond acceptors (Lipinski definition) is 20. The summed E-state index contributed by atoms with van der Waals surface area (Å²) >= 11 is 4.23. The molecular weight excluding hydrogens is 1370 g/mol. The van der Waals surface area contributed by atoms with E-state index in [1.807, 2.05) is 30.0 Å². The van der Waals surface area contributed by atoms with E-state index < -0.39 is 113 Å². The molecule has 0 radical (unpaired) electrons. The number of amides is 11. The van der Waals surface area contributed by atoms with Gasteiger partial charge in [0.05, 0.1) is 32.1 Å². The zero-order valence-electron chi connectivity index (χ0n) is 57.5. The molecule has 2 bridgehead atoms. The number of primary amides is 2. The van der Waals surface area contributed by atoms with Gasteiger partial charge in [-0.1, -0.05) is 68.8 Å². The third kappa shape index (κ3) is 28.8. The van der Waals surface area contributed by atoms with E-state index >= 15 is 0 Å². The molecular formula is C67H99N15O16S3. The quantitative estimate of drug-likeness (QED) is 0.0467. The molecule has 4 aliphatic heterocycles. The summed E-state index contributed by atoms with van der Waals surface area (Å²) in [7, 11) is 0. The Morgan fingerprint density at radius 1 is 0.604 bits per heavy atom. The van der Waals surface area contributed by atoms with Crippen LogP contribution in [-0.4, -0.2) is 286 Å². The second-order valence-electron chi connectivity index (χ2n) is 25.5. The molecule has 2 aromatic carbocycles. The fraction of sp³-hybridized carbons (Fsp3) is 0.612. The van der Waals surface area contributed by atoms with Crippen molar-refractivity contribution in [3.8, 4) is 0 Å². The van der Waals surface area contributed by atoms with Crippen LogP contribution in [0.1, 0.15) is 93.9 Å². The molecule has 2 aromatic rings.